The number of anilines is 3. The van der Waals surface area contributed by atoms with Crippen molar-refractivity contribution in [1.82, 2.24) is 9.97 Å². The van der Waals surface area contributed by atoms with Crippen molar-refractivity contribution in [1.29, 1.82) is 0 Å². The van der Waals surface area contributed by atoms with Crippen LogP contribution in [0, 0.1) is 13.8 Å². The third kappa shape index (κ3) is 4.30. The molecule has 1 aromatic heterocycles. The van der Waals surface area contributed by atoms with Gasteiger partial charge in [-0.1, -0.05) is 36.4 Å². The van der Waals surface area contributed by atoms with Crippen molar-refractivity contribution in [2.75, 3.05) is 10.6 Å². The number of nitrogens with one attached hydrogen (secondary N) is 2. The number of rotatable bonds is 5. The molecule has 0 atom stereocenters. The first-order chi connectivity index (χ1) is 11.2. The smallest absolute Gasteiger partial charge is 0.229 e. The minimum absolute atomic E-state index is 0.591. The minimum atomic E-state index is 0.591. The Morgan fingerprint density at radius 3 is 2.39 bits per heavy atom. The molecule has 0 spiro atoms. The third-order valence-corrected chi connectivity index (χ3v) is 3.45. The summed E-state index contributed by atoms with van der Waals surface area (Å²) in [5, 5.41) is 6.58. The molecule has 2 aromatic carbocycles. The largest absolute Gasteiger partial charge is 0.366 e. The summed E-state index contributed by atoms with van der Waals surface area (Å²) in [4.78, 5) is 8.80. The number of benzene rings is 2. The molecule has 0 aliphatic heterocycles. The van der Waals surface area contributed by atoms with Gasteiger partial charge in [-0.05, 0) is 48.7 Å². The van der Waals surface area contributed by atoms with Gasteiger partial charge in [0.1, 0.15) is 5.82 Å². The van der Waals surface area contributed by atoms with E-state index in [0.717, 1.165) is 18.1 Å². The van der Waals surface area contributed by atoms with Gasteiger partial charge in [0.05, 0.1) is 0 Å². The normalized spacial score (nSPS) is 10.3. The Labute approximate surface area is 136 Å². The van der Waals surface area contributed by atoms with Gasteiger partial charge >= 0.3 is 0 Å². The summed E-state index contributed by atoms with van der Waals surface area (Å²) in [6.45, 7) is 4.90. The van der Waals surface area contributed by atoms with Gasteiger partial charge in [0.2, 0.25) is 5.95 Å². The number of hydrogen-bond donors (Lipinski definition) is 2. The van der Waals surface area contributed by atoms with Crippen LogP contribution in [0.25, 0.3) is 0 Å². The molecule has 0 amide bonds. The molecule has 4 nitrogen and oxygen atoms in total. The number of aromatic nitrogens is 2. The van der Waals surface area contributed by atoms with E-state index < -0.39 is 0 Å². The van der Waals surface area contributed by atoms with E-state index in [4.69, 9.17) is 0 Å². The molecule has 0 bridgehead atoms. The summed E-state index contributed by atoms with van der Waals surface area (Å²) in [5.74, 6) is 1.39. The van der Waals surface area contributed by atoms with Crippen LogP contribution in [-0.2, 0) is 6.54 Å². The highest BCUT2D eigenvalue weighted by molar-refractivity contribution is 5.57. The maximum absolute atomic E-state index is 4.51. The van der Waals surface area contributed by atoms with Crippen LogP contribution < -0.4 is 10.6 Å². The Balaban J connectivity index is 1.69. The van der Waals surface area contributed by atoms with Crippen molar-refractivity contribution >= 4 is 17.5 Å². The van der Waals surface area contributed by atoms with Crippen molar-refractivity contribution < 1.29 is 0 Å². The number of aryl methyl sites for hydroxylation is 2. The van der Waals surface area contributed by atoms with Crippen molar-refractivity contribution in [3.05, 3.63) is 77.5 Å². The second-order valence-corrected chi connectivity index (χ2v) is 5.61. The molecular weight excluding hydrogens is 284 g/mol. The highest BCUT2D eigenvalue weighted by Gasteiger charge is 2.02. The average Bonchev–Trinajstić information content (AvgIpc) is 2.53. The molecule has 2 N–H and O–H groups in total. The van der Waals surface area contributed by atoms with Crippen LogP contribution in [0.15, 0.2) is 60.8 Å². The van der Waals surface area contributed by atoms with Crippen molar-refractivity contribution in [2.45, 2.75) is 20.4 Å². The molecule has 4 heteroatoms. The Morgan fingerprint density at radius 2 is 1.65 bits per heavy atom. The minimum Gasteiger partial charge on any atom is -0.366 e. The molecule has 0 aliphatic rings. The van der Waals surface area contributed by atoms with Gasteiger partial charge < -0.3 is 10.6 Å². The Bertz CT molecular complexity index is 764. The molecule has 1 heterocycles. The Morgan fingerprint density at radius 1 is 0.913 bits per heavy atom. The predicted molar refractivity (Wildman–Crippen MR) is 95.0 cm³/mol. The number of nitrogens with zero attached hydrogens (tertiary/aromatic N) is 2. The summed E-state index contributed by atoms with van der Waals surface area (Å²) in [6, 6.07) is 18.4. The van der Waals surface area contributed by atoms with Gasteiger partial charge in [-0.15, -0.1) is 0 Å². The summed E-state index contributed by atoms with van der Waals surface area (Å²) >= 11 is 0. The molecule has 3 aromatic rings. The summed E-state index contributed by atoms with van der Waals surface area (Å²) in [6.07, 6.45) is 1.76. The molecule has 23 heavy (non-hydrogen) atoms. The van der Waals surface area contributed by atoms with Crippen LogP contribution in [0.2, 0.25) is 0 Å². The molecule has 0 saturated carbocycles. The lowest BCUT2D eigenvalue weighted by Crippen LogP contribution is -2.04. The summed E-state index contributed by atoms with van der Waals surface area (Å²) in [5.41, 5.74) is 4.65. The maximum Gasteiger partial charge on any atom is 0.229 e. The van der Waals surface area contributed by atoms with Gasteiger partial charge in [0, 0.05) is 18.4 Å². The topological polar surface area (TPSA) is 49.8 Å². The lowest BCUT2D eigenvalue weighted by molar-refractivity contribution is 1.08. The highest BCUT2D eigenvalue weighted by atomic mass is 15.1. The first kappa shape index (κ1) is 15.0. The quantitative estimate of drug-likeness (QED) is 0.731. The molecular formula is C19H20N4. The molecule has 0 fully saturated rings. The van der Waals surface area contributed by atoms with E-state index in [2.05, 4.69) is 64.8 Å². The van der Waals surface area contributed by atoms with Gasteiger partial charge in [0.25, 0.3) is 0 Å². The van der Waals surface area contributed by atoms with E-state index in [-0.39, 0.29) is 0 Å². The fourth-order valence-electron chi connectivity index (χ4n) is 2.48. The average molecular weight is 304 g/mol. The van der Waals surface area contributed by atoms with Crippen LogP contribution in [0.5, 0.6) is 0 Å². The van der Waals surface area contributed by atoms with Crippen LogP contribution in [0.3, 0.4) is 0 Å². The standard InChI is InChI=1S/C19H20N4/c1-14-10-15(2)12-17(11-14)22-19-20-9-8-18(23-19)21-13-16-6-4-3-5-7-16/h3-12H,13H2,1-2H3,(H2,20,21,22,23). The second-order valence-electron chi connectivity index (χ2n) is 5.61. The molecule has 0 radical (unpaired) electrons. The van der Waals surface area contributed by atoms with Crippen LogP contribution in [0.1, 0.15) is 16.7 Å². The first-order valence-electron chi connectivity index (χ1n) is 7.65. The SMILES string of the molecule is Cc1cc(C)cc(Nc2nccc(NCc3ccccc3)n2)c1. The Kier molecular flexibility index (Phi) is 4.52. The molecule has 0 aliphatic carbocycles. The lowest BCUT2D eigenvalue weighted by atomic mass is 10.1. The zero-order valence-electron chi connectivity index (χ0n) is 13.4. The van der Waals surface area contributed by atoms with Crippen LogP contribution in [-0.4, -0.2) is 9.97 Å². The summed E-state index contributed by atoms with van der Waals surface area (Å²) in [7, 11) is 0. The molecule has 0 saturated heterocycles. The van der Waals surface area contributed by atoms with Crippen molar-refractivity contribution in [3.63, 3.8) is 0 Å². The van der Waals surface area contributed by atoms with Gasteiger partial charge in [-0.2, -0.15) is 4.98 Å². The maximum atomic E-state index is 4.51. The van der Waals surface area contributed by atoms with E-state index in [1.807, 2.05) is 24.3 Å². The Hall–Kier alpha value is -2.88. The van der Waals surface area contributed by atoms with E-state index in [0.29, 0.717) is 5.95 Å². The fourth-order valence-corrected chi connectivity index (χ4v) is 2.48. The first-order valence-corrected chi connectivity index (χ1v) is 7.65. The van der Waals surface area contributed by atoms with E-state index in [1.54, 1.807) is 6.20 Å². The fraction of sp³-hybridized carbons (Fsp3) is 0.158. The van der Waals surface area contributed by atoms with Gasteiger partial charge in [-0.3, -0.25) is 0 Å². The van der Waals surface area contributed by atoms with Gasteiger partial charge in [0.15, 0.2) is 0 Å². The van der Waals surface area contributed by atoms with Crippen LogP contribution >= 0.6 is 0 Å². The monoisotopic (exact) mass is 304 g/mol. The van der Waals surface area contributed by atoms with Gasteiger partial charge in [-0.25, -0.2) is 4.98 Å². The zero-order valence-corrected chi connectivity index (χ0v) is 13.4. The van der Waals surface area contributed by atoms with E-state index in [9.17, 15) is 0 Å². The van der Waals surface area contributed by atoms with E-state index >= 15 is 0 Å². The second kappa shape index (κ2) is 6.92. The van der Waals surface area contributed by atoms with E-state index in [1.165, 1.54) is 16.7 Å². The zero-order chi connectivity index (χ0) is 16.1. The van der Waals surface area contributed by atoms with Crippen molar-refractivity contribution in [3.8, 4) is 0 Å². The molecule has 0 unspecified atom stereocenters. The predicted octanol–water partition coefficient (Wildman–Crippen LogP) is 4.45. The van der Waals surface area contributed by atoms with Crippen LogP contribution in [0.4, 0.5) is 17.5 Å². The van der Waals surface area contributed by atoms with Crippen molar-refractivity contribution in [2.24, 2.45) is 0 Å². The molecule has 116 valence electrons. The lowest BCUT2D eigenvalue weighted by Gasteiger charge is -2.09. The third-order valence-electron chi connectivity index (χ3n) is 3.45. The summed E-state index contributed by atoms with van der Waals surface area (Å²) < 4.78 is 0. The molecule has 3 rings (SSSR count). The number of hydrogen-bond acceptors (Lipinski definition) is 4. The highest BCUT2D eigenvalue weighted by Crippen LogP contribution is 2.18.